The molecule has 7 heteroatoms. The first-order valence-electron chi connectivity index (χ1n) is 10.8. The molecular weight excluding hydrogens is 450 g/mol. The van der Waals surface area contributed by atoms with E-state index >= 15 is 0 Å². The highest BCUT2D eigenvalue weighted by atomic mass is 32.2. The van der Waals surface area contributed by atoms with Crippen LogP contribution in [0.2, 0.25) is 0 Å². The number of amides is 1. The molecule has 2 aromatic carbocycles. The fourth-order valence-electron chi connectivity index (χ4n) is 4.16. The molecule has 1 amide bonds. The van der Waals surface area contributed by atoms with Crippen molar-refractivity contribution in [3.05, 3.63) is 94.1 Å². The second-order valence-corrected chi connectivity index (χ2v) is 9.72. The summed E-state index contributed by atoms with van der Waals surface area (Å²) in [5.74, 6) is 0.305. The van der Waals surface area contributed by atoms with E-state index in [2.05, 4.69) is 18.7 Å². The van der Waals surface area contributed by atoms with Crippen molar-refractivity contribution in [1.82, 2.24) is 14.5 Å². The summed E-state index contributed by atoms with van der Waals surface area (Å²) in [4.78, 5) is 33.8. The van der Waals surface area contributed by atoms with Gasteiger partial charge in [-0.05, 0) is 23.1 Å². The summed E-state index contributed by atoms with van der Waals surface area (Å²) in [5.41, 5.74) is 4.31. The van der Waals surface area contributed by atoms with Crippen LogP contribution in [0.5, 0.6) is 0 Å². The molecule has 4 aromatic rings. The van der Waals surface area contributed by atoms with Crippen molar-refractivity contribution in [2.45, 2.75) is 24.7 Å². The van der Waals surface area contributed by atoms with Gasteiger partial charge in [-0.25, -0.2) is 4.98 Å². The number of hydrogen-bond acceptors (Lipinski definition) is 5. The number of benzene rings is 2. The van der Waals surface area contributed by atoms with Gasteiger partial charge >= 0.3 is 0 Å². The van der Waals surface area contributed by atoms with Gasteiger partial charge in [-0.3, -0.25) is 14.2 Å². The highest BCUT2D eigenvalue weighted by molar-refractivity contribution is 7.99. The van der Waals surface area contributed by atoms with E-state index in [0.717, 1.165) is 17.5 Å². The summed E-state index contributed by atoms with van der Waals surface area (Å²) in [5, 5.41) is 3.16. The topological polar surface area (TPSA) is 55.2 Å². The Labute approximate surface area is 200 Å². The number of carbonyl (C=O) groups excluding carboxylic acids is 1. The van der Waals surface area contributed by atoms with Crippen molar-refractivity contribution >= 4 is 39.2 Å². The Morgan fingerprint density at radius 1 is 1.12 bits per heavy atom. The minimum absolute atomic E-state index is 0.0603. The number of thiophene rings is 1. The molecule has 5 nitrogen and oxygen atoms in total. The zero-order chi connectivity index (χ0) is 22.8. The van der Waals surface area contributed by atoms with Gasteiger partial charge in [0.15, 0.2) is 5.16 Å². The Morgan fingerprint density at radius 2 is 1.88 bits per heavy atom. The van der Waals surface area contributed by atoms with Crippen LogP contribution in [0.15, 0.2) is 82.6 Å². The molecule has 0 saturated heterocycles. The lowest BCUT2D eigenvalue weighted by Gasteiger charge is -2.28. The first-order chi connectivity index (χ1) is 16.2. The number of hydrogen-bond donors (Lipinski definition) is 0. The predicted octanol–water partition coefficient (Wildman–Crippen LogP) is 4.99. The van der Waals surface area contributed by atoms with Crippen molar-refractivity contribution in [2.75, 3.05) is 12.3 Å². The maximum Gasteiger partial charge on any atom is 0.263 e. The van der Waals surface area contributed by atoms with Gasteiger partial charge < -0.3 is 4.90 Å². The largest absolute Gasteiger partial charge is 0.337 e. The van der Waals surface area contributed by atoms with E-state index in [1.807, 2.05) is 52.7 Å². The molecule has 0 saturated carbocycles. The van der Waals surface area contributed by atoms with Crippen molar-refractivity contribution in [2.24, 2.45) is 0 Å². The molecule has 5 rings (SSSR count). The number of aromatic nitrogens is 2. The van der Waals surface area contributed by atoms with Gasteiger partial charge in [-0.15, -0.1) is 17.9 Å². The highest BCUT2D eigenvalue weighted by Gasteiger charge is 2.22. The first kappa shape index (κ1) is 21.7. The van der Waals surface area contributed by atoms with Gasteiger partial charge in [0.1, 0.15) is 4.83 Å². The Morgan fingerprint density at radius 3 is 2.67 bits per heavy atom. The fraction of sp³-hybridized carbons (Fsp3) is 0.192. The second-order valence-electron chi connectivity index (χ2n) is 7.92. The Hall–Kier alpha value is -3.16. The Kier molecular flexibility index (Phi) is 6.15. The van der Waals surface area contributed by atoms with Crippen molar-refractivity contribution in [3.63, 3.8) is 0 Å². The molecule has 0 fully saturated rings. The minimum Gasteiger partial charge on any atom is -0.337 e. The molecule has 33 heavy (non-hydrogen) atoms. The molecule has 0 atom stereocenters. The SMILES string of the molecule is C=CCn1c(SCC(=O)N2CCc3ccccc3C2)nc2scc(-c3ccccc3)c2c1=O. The Bertz CT molecular complexity index is 1390. The predicted molar refractivity (Wildman–Crippen MR) is 136 cm³/mol. The molecule has 3 heterocycles. The van der Waals surface area contributed by atoms with Gasteiger partial charge in [0.05, 0.1) is 11.1 Å². The highest BCUT2D eigenvalue weighted by Crippen LogP contribution is 2.32. The van der Waals surface area contributed by atoms with Crippen molar-refractivity contribution in [1.29, 1.82) is 0 Å². The lowest BCUT2D eigenvalue weighted by atomic mass is 10.00. The van der Waals surface area contributed by atoms with E-state index in [9.17, 15) is 9.59 Å². The molecule has 0 N–H and O–H groups in total. The third kappa shape index (κ3) is 4.26. The smallest absolute Gasteiger partial charge is 0.263 e. The van der Waals surface area contributed by atoms with Crippen LogP contribution >= 0.6 is 23.1 Å². The number of carbonyl (C=O) groups is 1. The quantitative estimate of drug-likeness (QED) is 0.225. The normalized spacial score (nSPS) is 13.2. The average molecular weight is 474 g/mol. The zero-order valence-electron chi connectivity index (χ0n) is 18.1. The fourth-order valence-corrected chi connectivity index (χ4v) is 6.06. The van der Waals surface area contributed by atoms with E-state index in [4.69, 9.17) is 4.98 Å². The van der Waals surface area contributed by atoms with Gasteiger partial charge in [0, 0.05) is 30.6 Å². The molecule has 0 aliphatic carbocycles. The molecule has 1 aliphatic rings. The molecule has 0 bridgehead atoms. The van der Waals surface area contributed by atoms with Gasteiger partial charge in [-0.1, -0.05) is 72.4 Å². The van der Waals surface area contributed by atoms with Crippen LogP contribution in [0.25, 0.3) is 21.3 Å². The zero-order valence-corrected chi connectivity index (χ0v) is 19.7. The minimum atomic E-state index is -0.0955. The summed E-state index contributed by atoms with van der Waals surface area (Å²) in [6, 6.07) is 18.1. The second kappa shape index (κ2) is 9.37. The third-order valence-electron chi connectivity index (χ3n) is 5.86. The van der Waals surface area contributed by atoms with E-state index in [0.29, 0.717) is 35.0 Å². The standard InChI is InChI=1S/C26H23N3O2S2/c1-2-13-29-25(31)23-21(19-9-4-3-5-10-19)16-32-24(23)27-26(29)33-17-22(30)28-14-12-18-8-6-7-11-20(18)15-28/h2-11,16H,1,12-15,17H2. The molecule has 166 valence electrons. The lowest BCUT2D eigenvalue weighted by molar-refractivity contribution is -0.129. The third-order valence-corrected chi connectivity index (χ3v) is 7.70. The molecule has 0 radical (unpaired) electrons. The van der Waals surface area contributed by atoms with Crippen LogP contribution < -0.4 is 5.56 Å². The molecule has 1 aliphatic heterocycles. The van der Waals surface area contributed by atoms with E-state index in [-0.39, 0.29) is 17.2 Å². The van der Waals surface area contributed by atoms with Crippen LogP contribution in [0.3, 0.4) is 0 Å². The monoisotopic (exact) mass is 473 g/mol. The van der Waals surface area contributed by atoms with Crippen molar-refractivity contribution in [3.8, 4) is 11.1 Å². The molecular formula is C26H23N3O2S2. The first-order valence-corrected chi connectivity index (χ1v) is 12.7. The van der Waals surface area contributed by atoms with Crippen LogP contribution in [0.1, 0.15) is 11.1 Å². The molecule has 2 aromatic heterocycles. The van der Waals surface area contributed by atoms with Gasteiger partial charge in [0.25, 0.3) is 5.56 Å². The number of rotatable bonds is 6. The van der Waals surface area contributed by atoms with E-state index < -0.39 is 0 Å². The lowest BCUT2D eigenvalue weighted by Crippen LogP contribution is -2.37. The van der Waals surface area contributed by atoms with Gasteiger partial charge in [0.2, 0.25) is 5.91 Å². The van der Waals surface area contributed by atoms with Gasteiger partial charge in [-0.2, -0.15) is 0 Å². The average Bonchev–Trinajstić information content (AvgIpc) is 3.29. The molecule has 0 spiro atoms. The number of fused-ring (bicyclic) bond motifs is 2. The summed E-state index contributed by atoms with van der Waals surface area (Å²) in [6.07, 6.45) is 2.56. The van der Waals surface area contributed by atoms with E-state index in [1.165, 1.54) is 34.2 Å². The van der Waals surface area contributed by atoms with Crippen LogP contribution in [-0.4, -0.2) is 32.7 Å². The van der Waals surface area contributed by atoms with E-state index in [1.54, 1.807) is 10.6 Å². The van der Waals surface area contributed by atoms with Crippen LogP contribution in [0.4, 0.5) is 0 Å². The van der Waals surface area contributed by atoms with Crippen LogP contribution in [0, 0.1) is 0 Å². The maximum atomic E-state index is 13.5. The number of thioether (sulfide) groups is 1. The summed E-state index contributed by atoms with van der Waals surface area (Å²) >= 11 is 2.78. The van der Waals surface area contributed by atoms with Crippen LogP contribution in [-0.2, 0) is 24.3 Å². The summed E-state index contributed by atoms with van der Waals surface area (Å²) < 4.78 is 1.62. The maximum absolute atomic E-state index is 13.5. The summed E-state index contributed by atoms with van der Waals surface area (Å²) in [7, 11) is 0. The number of allylic oxidation sites excluding steroid dienone is 1. The Balaban J connectivity index is 1.41. The molecule has 0 unspecified atom stereocenters. The van der Waals surface area contributed by atoms with Crippen molar-refractivity contribution < 1.29 is 4.79 Å². The number of nitrogens with zero attached hydrogens (tertiary/aromatic N) is 3. The summed E-state index contributed by atoms with van der Waals surface area (Å²) in [6.45, 7) is 5.50.